The second kappa shape index (κ2) is 9.17. The number of nitrogens with zero attached hydrogens (tertiary/aromatic N) is 1. The summed E-state index contributed by atoms with van der Waals surface area (Å²) >= 11 is 0. The summed E-state index contributed by atoms with van der Waals surface area (Å²) in [6.45, 7) is 11.9. The molecular weight excluding hydrogens is 378 g/mol. The Kier molecular flexibility index (Phi) is 7.13. The predicted molar refractivity (Wildman–Crippen MR) is 103 cm³/mol. The maximum Gasteiger partial charge on any atom is 0.333 e. The highest BCUT2D eigenvalue weighted by Gasteiger charge is 2.53. The molecule has 2 aliphatic rings. The molecule has 0 aromatic rings. The molecule has 2 heterocycles. The first-order chi connectivity index (χ1) is 13.6. The molecule has 8 nitrogen and oxygen atoms in total. The van der Waals surface area contributed by atoms with E-state index >= 15 is 0 Å². The summed E-state index contributed by atoms with van der Waals surface area (Å²) in [5, 5.41) is 0. The van der Waals surface area contributed by atoms with Crippen molar-refractivity contribution in [3.8, 4) is 0 Å². The standard InChI is InChI=1S/C21H27NO7/c1-13(2)19(25)27-10-6-9-22-17(23)11-16(18(22)24)21(8-7-15(5)29-21)12-28-20(26)14(3)4/h7-8,15-16H,1,3,6,9-12H2,2,4-5H3. The van der Waals surface area contributed by atoms with E-state index in [-0.39, 0.29) is 49.3 Å². The van der Waals surface area contributed by atoms with Crippen LogP contribution >= 0.6 is 0 Å². The van der Waals surface area contributed by atoms with Gasteiger partial charge in [-0.2, -0.15) is 0 Å². The lowest BCUT2D eigenvalue weighted by Gasteiger charge is -2.32. The highest BCUT2D eigenvalue weighted by Crippen LogP contribution is 2.38. The first kappa shape index (κ1) is 22.5. The zero-order valence-corrected chi connectivity index (χ0v) is 17.1. The number of hydrogen-bond donors (Lipinski definition) is 0. The summed E-state index contributed by atoms with van der Waals surface area (Å²) in [6, 6.07) is 0. The van der Waals surface area contributed by atoms with Gasteiger partial charge in [0.2, 0.25) is 11.8 Å². The molecule has 3 atom stereocenters. The number of carbonyl (C=O) groups excluding carboxylic acids is 4. The van der Waals surface area contributed by atoms with Crippen molar-refractivity contribution in [3.63, 3.8) is 0 Å². The molecule has 8 heteroatoms. The summed E-state index contributed by atoms with van der Waals surface area (Å²) in [5.41, 5.74) is -0.683. The molecule has 29 heavy (non-hydrogen) atoms. The van der Waals surface area contributed by atoms with E-state index in [0.29, 0.717) is 6.42 Å². The smallest absolute Gasteiger partial charge is 0.333 e. The Hall–Kier alpha value is -2.74. The lowest BCUT2D eigenvalue weighted by atomic mass is 9.86. The Balaban J connectivity index is 2.03. The van der Waals surface area contributed by atoms with Crippen molar-refractivity contribution in [3.05, 3.63) is 36.5 Å². The number of rotatable bonds is 9. The second-order valence-electron chi connectivity index (χ2n) is 7.40. The Bertz CT molecular complexity index is 769. The van der Waals surface area contributed by atoms with Gasteiger partial charge in [-0.25, -0.2) is 9.59 Å². The molecule has 2 aliphatic heterocycles. The van der Waals surface area contributed by atoms with Crippen molar-refractivity contribution in [2.24, 2.45) is 5.92 Å². The Morgan fingerprint density at radius 1 is 1.21 bits per heavy atom. The molecule has 0 aliphatic carbocycles. The van der Waals surface area contributed by atoms with Crippen molar-refractivity contribution in [2.45, 2.75) is 45.3 Å². The van der Waals surface area contributed by atoms with E-state index in [1.54, 1.807) is 19.1 Å². The van der Waals surface area contributed by atoms with Crippen LogP contribution in [0.5, 0.6) is 0 Å². The summed E-state index contributed by atoms with van der Waals surface area (Å²) in [6.07, 6.45) is 3.45. The van der Waals surface area contributed by atoms with Crippen LogP contribution in [0, 0.1) is 5.92 Å². The number of esters is 2. The first-order valence-electron chi connectivity index (χ1n) is 9.44. The van der Waals surface area contributed by atoms with E-state index in [0.717, 1.165) is 4.90 Å². The molecule has 1 fully saturated rings. The minimum Gasteiger partial charge on any atom is -0.462 e. The largest absolute Gasteiger partial charge is 0.462 e. The van der Waals surface area contributed by atoms with Crippen LogP contribution in [0.4, 0.5) is 0 Å². The van der Waals surface area contributed by atoms with Gasteiger partial charge in [0.05, 0.1) is 18.6 Å². The van der Waals surface area contributed by atoms with Gasteiger partial charge in [0.1, 0.15) is 12.2 Å². The molecule has 0 bridgehead atoms. The van der Waals surface area contributed by atoms with Crippen molar-refractivity contribution in [1.82, 2.24) is 4.90 Å². The van der Waals surface area contributed by atoms with Gasteiger partial charge in [-0.1, -0.05) is 25.3 Å². The highest BCUT2D eigenvalue weighted by molar-refractivity contribution is 6.04. The van der Waals surface area contributed by atoms with Gasteiger partial charge in [-0.3, -0.25) is 14.5 Å². The molecule has 158 valence electrons. The molecule has 0 radical (unpaired) electrons. The molecule has 1 saturated heterocycles. The monoisotopic (exact) mass is 405 g/mol. The fraction of sp³-hybridized carbons (Fsp3) is 0.524. The van der Waals surface area contributed by atoms with E-state index in [9.17, 15) is 19.2 Å². The molecule has 0 aromatic carbocycles. The van der Waals surface area contributed by atoms with Gasteiger partial charge in [0, 0.05) is 24.1 Å². The van der Waals surface area contributed by atoms with Crippen LogP contribution in [0.25, 0.3) is 0 Å². The van der Waals surface area contributed by atoms with Crippen LogP contribution in [0.2, 0.25) is 0 Å². The fourth-order valence-electron chi connectivity index (χ4n) is 3.22. The predicted octanol–water partition coefficient (Wildman–Crippen LogP) is 1.70. The van der Waals surface area contributed by atoms with E-state index in [4.69, 9.17) is 14.2 Å². The maximum absolute atomic E-state index is 12.9. The van der Waals surface area contributed by atoms with E-state index in [2.05, 4.69) is 13.2 Å². The zero-order chi connectivity index (χ0) is 21.8. The van der Waals surface area contributed by atoms with Crippen LogP contribution < -0.4 is 0 Å². The molecular formula is C21H27NO7. The number of ether oxygens (including phenoxy) is 3. The Morgan fingerprint density at radius 3 is 2.38 bits per heavy atom. The summed E-state index contributed by atoms with van der Waals surface area (Å²) < 4.78 is 16.2. The third-order valence-corrected chi connectivity index (χ3v) is 4.77. The van der Waals surface area contributed by atoms with Crippen LogP contribution in [0.1, 0.15) is 33.6 Å². The summed E-state index contributed by atoms with van der Waals surface area (Å²) in [5.74, 6) is -2.64. The summed E-state index contributed by atoms with van der Waals surface area (Å²) in [7, 11) is 0. The van der Waals surface area contributed by atoms with E-state index in [1.807, 2.05) is 0 Å². The molecule has 0 saturated carbocycles. The third kappa shape index (κ3) is 5.20. The van der Waals surface area contributed by atoms with Crippen LogP contribution in [-0.4, -0.2) is 60.1 Å². The van der Waals surface area contributed by atoms with Gasteiger partial charge < -0.3 is 14.2 Å². The third-order valence-electron chi connectivity index (χ3n) is 4.77. The lowest BCUT2D eigenvalue weighted by molar-refractivity contribution is -0.158. The average molecular weight is 405 g/mol. The normalized spacial score (nSPS) is 26.0. The molecule has 0 spiro atoms. The topological polar surface area (TPSA) is 99.2 Å². The average Bonchev–Trinajstić information content (AvgIpc) is 3.17. The van der Waals surface area contributed by atoms with E-state index in [1.165, 1.54) is 13.8 Å². The van der Waals surface area contributed by atoms with Gasteiger partial charge in [-0.15, -0.1) is 0 Å². The Labute approximate surface area is 170 Å². The Morgan fingerprint density at radius 2 is 1.83 bits per heavy atom. The fourth-order valence-corrected chi connectivity index (χ4v) is 3.22. The number of hydrogen-bond acceptors (Lipinski definition) is 7. The van der Waals surface area contributed by atoms with Gasteiger partial charge in [0.25, 0.3) is 0 Å². The van der Waals surface area contributed by atoms with Crippen molar-refractivity contribution >= 4 is 23.8 Å². The second-order valence-corrected chi connectivity index (χ2v) is 7.40. The minimum absolute atomic E-state index is 0.0495. The zero-order valence-electron chi connectivity index (χ0n) is 17.1. The van der Waals surface area contributed by atoms with Crippen LogP contribution in [-0.2, 0) is 33.4 Å². The van der Waals surface area contributed by atoms with Crippen molar-refractivity contribution in [1.29, 1.82) is 0 Å². The number of carbonyl (C=O) groups is 4. The number of imide groups is 1. The van der Waals surface area contributed by atoms with Gasteiger partial charge >= 0.3 is 11.9 Å². The molecule has 3 unspecified atom stereocenters. The van der Waals surface area contributed by atoms with Crippen LogP contribution in [0.3, 0.4) is 0 Å². The van der Waals surface area contributed by atoms with Gasteiger partial charge in [0.15, 0.2) is 0 Å². The molecule has 2 rings (SSSR count). The van der Waals surface area contributed by atoms with Gasteiger partial charge in [-0.05, 0) is 27.2 Å². The van der Waals surface area contributed by atoms with Crippen molar-refractivity contribution in [2.75, 3.05) is 19.8 Å². The lowest BCUT2D eigenvalue weighted by Crippen LogP contribution is -2.47. The molecule has 0 aromatic heterocycles. The first-order valence-corrected chi connectivity index (χ1v) is 9.44. The number of amides is 2. The highest BCUT2D eigenvalue weighted by atomic mass is 16.6. The quantitative estimate of drug-likeness (QED) is 0.189. The van der Waals surface area contributed by atoms with Crippen molar-refractivity contribution < 1.29 is 33.4 Å². The maximum atomic E-state index is 12.9. The van der Waals surface area contributed by atoms with Crippen LogP contribution in [0.15, 0.2) is 36.5 Å². The number of likely N-dealkylation sites (tertiary alicyclic amines) is 1. The van der Waals surface area contributed by atoms with E-state index < -0.39 is 29.4 Å². The SMILES string of the molecule is C=C(C)C(=O)OCCCN1C(=O)CC(C2(COC(=O)C(=C)C)C=CC(C)O2)C1=O. The molecule has 0 N–H and O–H groups in total. The summed E-state index contributed by atoms with van der Waals surface area (Å²) in [4.78, 5) is 49.7. The minimum atomic E-state index is -1.20. The molecule has 2 amide bonds.